The predicted molar refractivity (Wildman–Crippen MR) is 89.2 cm³/mol. The number of nitro groups is 1. The minimum Gasteiger partial charge on any atom is -0.406 e. The molecule has 0 saturated heterocycles. The number of thiophene rings is 1. The standard InChI is InChI=1S/C14H13F3N2O5S2/c1-8(9-3-5-10(6-4-9)24-14(15,16)17)18-13-11(19(20)21)7-12(25-13)26(2,22)23/h3-8,18H,1-2H3/t8-/m0/s1. The molecule has 2 rings (SSSR count). The zero-order valence-electron chi connectivity index (χ0n) is 13.4. The molecule has 0 bridgehead atoms. The molecule has 26 heavy (non-hydrogen) atoms. The number of alkyl halides is 3. The highest BCUT2D eigenvalue weighted by atomic mass is 32.2. The molecule has 142 valence electrons. The Hall–Kier alpha value is -2.34. The summed E-state index contributed by atoms with van der Waals surface area (Å²) in [6, 6.07) is 5.41. The highest BCUT2D eigenvalue weighted by Gasteiger charge is 2.31. The van der Waals surface area contributed by atoms with Gasteiger partial charge >= 0.3 is 12.0 Å². The topological polar surface area (TPSA) is 98.5 Å². The average molecular weight is 410 g/mol. The molecule has 1 heterocycles. The Labute approximate surface area is 150 Å². The summed E-state index contributed by atoms with van der Waals surface area (Å²) in [7, 11) is -3.61. The summed E-state index contributed by atoms with van der Waals surface area (Å²) in [4.78, 5) is 10.4. The van der Waals surface area contributed by atoms with Crippen molar-refractivity contribution in [2.24, 2.45) is 0 Å². The van der Waals surface area contributed by atoms with Crippen molar-refractivity contribution in [3.8, 4) is 5.75 Å². The van der Waals surface area contributed by atoms with Crippen LogP contribution in [0.5, 0.6) is 5.75 Å². The second-order valence-electron chi connectivity index (χ2n) is 5.29. The molecule has 0 amide bonds. The fourth-order valence-corrected chi connectivity index (χ4v) is 4.05. The molecule has 1 aromatic carbocycles. The molecular weight excluding hydrogens is 397 g/mol. The first-order valence-corrected chi connectivity index (χ1v) is 9.68. The van der Waals surface area contributed by atoms with E-state index >= 15 is 0 Å². The maximum absolute atomic E-state index is 12.2. The molecule has 0 spiro atoms. The van der Waals surface area contributed by atoms with Crippen LogP contribution in [0.2, 0.25) is 0 Å². The van der Waals surface area contributed by atoms with Gasteiger partial charge in [0.1, 0.15) is 9.96 Å². The molecule has 2 aromatic rings. The lowest BCUT2D eigenvalue weighted by Crippen LogP contribution is -2.17. The predicted octanol–water partition coefficient (Wildman–Crippen LogP) is 4.13. The number of sulfone groups is 1. The van der Waals surface area contributed by atoms with Gasteiger partial charge in [0.05, 0.1) is 4.92 Å². The van der Waals surface area contributed by atoms with Crippen LogP contribution >= 0.6 is 11.3 Å². The fourth-order valence-electron chi connectivity index (χ4n) is 2.02. The first kappa shape index (κ1) is 20.0. The van der Waals surface area contributed by atoms with Crippen molar-refractivity contribution >= 4 is 31.9 Å². The Kier molecular flexibility index (Phi) is 5.47. The average Bonchev–Trinajstić information content (AvgIpc) is 2.90. The molecule has 0 saturated carbocycles. The molecule has 0 aliphatic carbocycles. The van der Waals surface area contributed by atoms with Crippen LogP contribution in [0.15, 0.2) is 34.5 Å². The van der Waals surface area contributed by atoms with Gasteiger partial charge in [-0.2, -0.15) is 0 Å². The van der Waals surface area contributed by atoms with Gasteiger partial charge in [-0.05, 0) is 24.6 Å². The third kappa shape index (κ3) is 5.08. The largest absolute Gasteiger partial charge is 0.573 e. The van der Waals surface area contributed by atoms with Crippen LogP contribution in [-0.4, -0.2) is 26.0 Å². The van der Waals surface area contributed by atoms with Crippen LogP contribution in [0.1, 0.15) is 18.5 Å². The van der Waals surface area contributed by atoms with Crippen LogP contribution in [0, 0.1) is 10.1 Å². The Morgan fingerprint density at radius 3 is 2.31 bits per heavy atom. The number of hydrogen-bond acceptors (Lipinski definition) is 7. The number of anilines is 1. The minimum absolute atomic E-state index is 0.0403. The van der Waals surface area contributed by atoms with Gasteiger partial charge in [0, 0.05) is 18.4 Å². The maximum atomic E-state index is 12.2. The van der Waals surface area contributed by atoms with Crippen LogP contribution in [0.3, 0.4) is 0 Å². The van der Waals surface area contributed by atoms with Gasteiger partial charge in [-0.15, -0.1) is 13.2 Å². The number of rotatable bonds is 6. The molecule has 1 N–H and O–H groups in total. The molecule has 0 aliphatic heterocycles. The van der Waals surface area contributed by atoms with E-state index in [0.717, 1.165) is 24.5 Å². The molecule has 0 radical (unpaired) electrons. The minimum atomic E-state index is -4.80. The van der Waals surface area contributed by atoms with Crippen molar-refractivity contribution in [2.45, 2.75) is 23.5 Å². The zero-order chi connectivity index (χ0) is 19.7. The maximum Gasteiger partial charge on any atom is 0.573 e. The summed E-state index contributed by atoms with van der Waals surface area (Å²) in [5.41, 5.74) is 0.141. The van der Waals surface area contributed by atoms with Crippen LogP contribution in [-0.2, 0) is 9.84 Å². The summed E-state index contributed by atoms with van der Waals surface area (Å²) in [6.07, 6.45) is -3.86. The zero-order valence-corrected chi connectivity index (χ0v) is 15.0. The Morgan fingerprint density at radius 2 is 1.85 bits per heavy atom. The Morgan fingerprint density at radius 1 is 1.27 bits per heavy atom. The van der Waals surface area contributed by atoms with Gasteiger partial charge in [-0.3, -0.25) is 10.1 Å². The summed E-state index contributed by atoms with van der Waals surface area (Å²) in [5.74, 6) is -0.394. The van der Waals surface area contributed by atoms with Gasteiger partial charge in [0.2, 0.25) is 0 Å². The van der Waals surface area contributed by atoms with Crippen molar-refractivity contribution < 1.29 is 31.2 Å². The fraction of sp³-hybridized carbons (Fsp3) is 0.286. The summed E-state index contributed by atoms with van der Waals surface area (Å²) >= 11 is 0.715. The highest BCUT2D eigenvalue weighted by Crippen LogP contribution is 2.39. The van der Waals surface area contributed by atoms with E-state index in [1.54, 1.807) is 6.92 Å². The van der Waals surface area contributed by atoms with Gasteiger partial charge < -0.3 is 10.1 Å². The second kappa shape index (κ2) is 7.11. The summed E-state index contributed by atoms with van der Waals surface area (Å²) in [6.45, 7) is 1.63. The molecule has 0 aliphatic rings. The van der Waals surface area contributed by atoms with Gasteiger partial charge in [0.15, 0.2) is 14.8 Å². The molecule has 1 atom stereocenters. The number of hydrogen-bond donors (Lipinski definition) is 1. The van der Waals surface area contributed by atoms with E-state index in [0.29, 0.717) is 16.9 Å². The molecule has 1 aromatic heterocycles. The molecular formula is C14H13F3N2O5S2. The van der Waals surface area contributed by atoms with E-state index in [1.807, 2.05) is 0 Å². The third-order valence-corrected chi connectivity index (χ3v) is 6.07. The second-order valence-corrected chi connectivity index (χ2v) is 8.59. The SMILES string of the molecule is C[C@H](Nc1sc(S(C)(=O)=O)cc1[N+](=O)[O-])c1ccc(OC(F)(F)F)cc1. The molecule has 12 heteroatoms. The van der Waals surface area contributed by atoms with Crippen molar-refractivity contribution in [1.82, 2.24) is 0 Å². The quantitative estimate of drug-likeness (QED) is 0.568. The van der Waals surface area contributed by atoms with E-state index in [9.17, 15) is 31.7 Å². The summed E-state index contributed by atoms with van der Waals surface area (Å²) in [5, 5.41) is 14.0. The lowest BCUT2D eigenvalue weighted by Gasteiger charge is -2.15. The van der Waals surface area contributed by atoms with Crippen LogP contribution in [0.25, 0.3) is 0 Å². The Bertz CT molecular complexity index is 908. The molecule has 0 unspecified atom stereocenters. The lowest BCUT2D eigenvalue weighted by molar-refractivity contribution is -0.383. The van der Waals surface area contributed by atoms with E-state index in [-0.39, 0.29) is 14.9 Å². The van der Waals surface area contributed by atoms with Gasteiger partial charge in [-0.1, -0.05) is 23.5 Å². The van der Waals surface area contributed by atoms with Crippen molar-refractivity contribution in [1.29, 1.82) is 0 Å². The van der Waals surface area contributed by atoms with E-state index in [2.05, 4.69) is 10.1 Å². The highest BCUT2D eigenvalue weighted by molar-refractivity contribution is 7.92. The number of halogens is 3. The van der Waals surface area contributed by atoms with E-state index in [1.165, 1.54) is 12.1 Å². The van der Waals surface area contributed by atoms with Gasteiger partial charge in [-0.25, -0.2) is 8.42 Å². The van der Waals surface area contributed by atoms with Crippen LogP contribution in [0.4, 0.5) is 23.9 Å². The Balaban J connectivity index is 2.23. The summed E-state index contributed by atoms with van der Waals surface area (Å²) < 4.78 is 63.3. The smallest absolute Gasteiger partial charge is 0.406 e. The number of ether oxygens (including phenoxy) is 1. The van der Waals surface area contributed by atoms with Crippen molar-refractivity contribution in [3.05, 3.63) is 46.0 Å². The van der Waals surface area contributed by atoms with Crippen molar-refractivity contribution in [3.63, 3.8) is 0 Å². The number of benzene rings is 1. The van der Waals surface area contributed by atoms with E-state index < -0.39 is 32.9 Å². The third-order valence-electron chi connectivity index (χ3n) is 3.21. The first-order valence-electron chi connectivity index (χ1n) is 6.97. The van der Waals surface area contributed by atoms with Crippen LogP contribution < -0.4 is 10.1 Å². The molecule has 0 fully saturated rings. The molecule has 7 nitrogen and oxygen atoms in total. The number of nitrogens with one attached hydrogen (secondary N) is 1. The van der Waals surface area contributed by atoms with E-state index in [4.69, 9.17) is 0 Å². The number of nitrogens with zero attached hydrogens (tertiary/aromatic N) is 1. The van der Waals surface area contributed by atoms with Crippen molar-refractivity contribution in [2.75, 3.05) is 11.6 Å². The normalized spacial score (nSPS) is 13.3. The first-order chi connectivity index (χ1) is 11.9. The lowest BCUT2D eigenvalue weighted by atomic mass is 10.1. The monoisotopic (exact) mass is 410 g/mol. The van der Waals surface area contributed by atoms with Gasteiger partial charge in [0.25, 0.3) is 0 Å².